The Balaban J connectivity index is 2.50. The molecule has 4 nitrogen and oxygen atoms in total. The van der Waals surface area contributed by atoms with E-state index in [2.05, 4.69) is 4.72 Å². The Labute approximate surface area is 109 Å². The van der Waals surface area contributed by atoms with Crippen molar-refractivity contribution in [1.82, 2.24) is 4.72 Å². The summed E-state index contributed by atoms with van der Waals surface area (Å²) in [5, 5.41) is 8.98. The van der Waals surface area contributed by atoms with Gasteiger partial charge in [0.25, 0.3) is 0 Å². The summed E-state index contributed by atoms with van der Waals surface area (Å²) in [6.07, 6.45) is 0.496. The van der Waals surface area contributed by atoms with Crippen LogP contribution in [0.4, 0.5) is 0 Å². The zero-order valence-corrected chi connectivity index (χ0v) is 11.7. The van der Waals surface area contributed by atoms with Gasteiger partial charge in [0.15, 0.2) is 0 Å². The molecule has 0 aromatic heterocycles. The van der Waals surface area contributed by atoms with Crippen molar-refractivity contribution in [3.8, 4) is 0 Å². The Kier molecular flexibility index (Phi) is 5.78. The highest BCUT2D eigenvalue weighted by Crippen LogP contribution is 2.05. The van der Waals surface area contributed by atoms with Crippen LogP contribution in [0.2, 0.25) is 0 Å². The van der Waals surface area contributed by atoms with Crippen molar-refractivity contribution in [3.05, 3.63) is 35.9 Å². The van der Waals surface area contributed by atoms with Gasteiger partial charge in [0, 0.05) is 12.6 Å². The van der Waals surface area contributed by atoms with Gasteiger partial charge in [0.1, 0.15) is 0 Å². The molecule has 2 atom stereocenters. The fraction of sp³-hybridized carbons (Fsp3) is 0.538. The molecule has 102 valence electrons. The maximum Gasteiger partial charge on any atom is 0.212 e. The minimum absolute atomic E-state index is 0.0254. The number of aliphatic hydroxyl groups is 1. The summed E-state index contributed by atoms with van der Waals surface area (Å²) < 4.78 is 26.3. The first kappa shape index (κ1) is 15.1. The lowest BCUT2D eigenvalue weighted by atomic mass is 10.1. The number of hydrogen-bond donors (Lipinski definition) is 2. The van der Waals surface area contributed by atoms with Gasteiger partial charge < -0.3 is 5.11 Å². The molecule has 1 aromatic carbocycles. The summed E-state index contributed by atoms with van der Waals surface area (Å²) in [7, 11) is -3.30. The molecule has 1 rings (SSSR count). The van der Waals surface area contributed by atoms with Crippen LogP contribution >= 0.6 is 0 Å². The predicted octanol–water partition coefficient (Wildman–Crippen LogP) is 1.17. The van der Waals surface area contributed by atoms with Crippen molar-refractivity contribution >= 4 is 10.0 Å². The van der Waals surface area contributed by atoms with Gasteiger partial charge in [-0.05, 0) is 24.8 Å². The molecule has 0 spiro atoms. The van der Waals surface area contributed by atoms with E-state index in [1.807, 2.05) is 37.3 Å². The second-order valence-electron chi connectivity index (χ2n) is 4.62. The van der Waals surface area contributed by atoms with E-state index in [0.29, 0.717) is 6.42 Å². The van der Waals surface area contributed by atoms with E-state index in [1.165, 1.54) is 0 Å². The Bertz CT molecular complexity index is 445. The van der Waals surface area contributed by atoms with E-state index in [9.17, 15) is 8.42 Å². The van der Waals surface area contributed by atoms with E-state index in [0.717, 1.165) is 5.56 Å². The predicted molar refractivity (Wildman–Crippen MR) is 72.8 cm³/mol. The van der Waals surface area contributed by atoms with E-state index >= 15 is 0 Å². The molecule has 2 unspecified atom stereocenters. The molecule has 0 fully saturated rings. The number of aliphatic hydroxyl groups excluding tert-OH is 1. The molecule has 2 N–H and O–H groups in total. The van der Waals surface area contributed by atoms with Crippen molar-refractivity contribution in [2.75, 3.05) is 12.4 Å². The molecule has 0 aliphatic heterocycles. The lowest BCUT2D eigenvalue weighted by molar-refractivity contribution is 0.216. The van der Waals surface area contributed by atoms with Crippen molar-refractivity contribution in [1.29, 1.82) is 0 Å². The van der Waals surface area contributed by atoms with Gasteiger partial charge in [-0.3, -0.25) is 0 Å². The van der Waals surface area contributed by atoms with Gasteiger partial charge >= 0.3 is 0 Å². The fourth-order valence-electron chi connectivity index (χ4n) is 1.51. The summed E-state index contributed by atoms with van der Waals surface area (Å²) in [4.78, 5) is 0. The quantitative estimate of drug-likeness (QED) is 0.782. The molecule has 0 bridgehead atoms. The molecule has 0 aliphatic carbocycles. The SMILES string of the molecule is CC(CO)C(C)NS(=O)(=O)CCc1ccccc1. The third-order valence-electron chi connectivity index (χ3n) is 3.01. The summed E-state index contributed by atoms with van der Waals surface area (Å²) in [5.41, 5.74) is 1.01. The Morgan fingerprint density at radius 3 is 2.39 bits per heavy atom. The largest absolute Gasteiger partial charge is 0.396 e. The summed E-state index contributed by atoms with van der Waals surface area (Å²) in [6.45, 7) is 3.55. The van der Waals surface area contributed by atoms with Crippen molar-refractivity contribution in [2.24, 2.45) is 5.92 Å². The minimum Gasteiger partial charge on any atom is -0.396 e. The van der Waals surface area contributed by atoms with Crippen LogP contribution in [0.3, 0.4) is 0 Å². The average molecular weight is 271 g/mol. The number of rotatable bonds is 7. The number of aryl methyl sites for hydroxylation is 1. The van der Waals surface area contributed by atoms with Crippen LogP contribution in [-0.4, -0.2) is 31.9 Å². The van der Waals surface area contributed by atoms with Crippen LogP contribution in [0.5, 0.6) is 0 Å². The standard InChI is InChI=1S/C13H21NO3S/c1-11(10-15)12(2)14-18(16,17)9-8-13-6-4-3-5-7-13/h3-7,11-12,14-15H,8-10H2,1-2H3. The first-order chi connectivity index (χ1) is 8.44. The normalized spacial score (nSPS) is 15.3. The second kappa shape index (κ2) is 6.87. The van der Waals surface area contributed by atoms with Gasteiger partial charge in [-0.25, -0.2) is 13.1 Å². The monoisotopic (exact) mass is 271 g/mol. The van der Waals surface area contributed by atoms with Gasteiger partial charge in [-0.1, -0.05) is 37.3 Å². The zero-order chi connectivity index (χ0) is 13.6. The van der Waals surface area contributed by atoms with E-state index in [4.69, 9.17) is 5.11 Å². The van der Waals surface area contributed by atoms with Crippen LogP contribution in [-0.2, 0) is 16.4 Å². The van der Waals surface area contributed by atoms with Gasteiger partial charge in [-0.2, -0.15) is 0 Å². The van der Waals surface area contributed by atoms with Gasteiger partial charge in [-0.15, -0.1) is 0 Å². The number of benzene rings is 1. The van der Waals surface area contributed by atoms with Crippen molar-refractivity contribution in [3.63, 3.8) is 0 Å². The molecule has 5 heteroatoms. The minimum atomic E-state index is -3.30. The first-order valence-corrected chi connectivity index (χ1v) is 7.74. The van der Waals surface area contributed by atoms with E-state index in [1.54, 1.807) is 6.92 Å². The third-order valence-corrected chi connectivity index (χ3v) is 4.48. The van der Waals surface area contributed by atoms with Crippen molar-refractivity contribution in [2.45, 2.75) is 26.3 Å². The lowest BCUT2D eigenvalue weighted by Crippen LogP contribution is -2.39. The zero-order valence-electron chi connectivity index (χ0n) is 10.8. The molecule has 0 heterocycles. The molecule has 1 aromatic rings. The fourth-order valence-corrected chi connectivity index (χ4v) is 2.93. The highest BCUT2D eigenvalue weighted by atomic mass is 32.2. The van der Waals surface area contributed by atoms with E-state index < -0.39 is 10.0 Å². The maximum absolute atomic E-state index is 11.8. The van der Waals surface area contributed by atoms with Gasteiger partial charge in [0.05, 0.1) is 5.75 Å². The highest BCUT2D eigenvalue weighted by Gasteiger charge is 2.18. The number of hydrogen-bond acceptors (Lipinski definition) is 3. The van der Waals surface area contributed by atoms with Crippen LogP contribution in [0, 0.1) is 5.92 Å². The van der Waals surface area contributed by atoms with Crippen LogP contribution in [0.1, 0.15) is 19.4 Å². The molecule has 0 amide bonds. The lowest BCUT2D eigenvalue weighted by Gasteiger charge is -2.19. The van der Waals surface area contributed by atoms with E-state index in [-0.39, 0.29) is 24.3 Å². The molecule has 0 radical (unpaired) electrons. The summed E-state index contributed by atoms with van der Waals surface area (Å²) >= 11 is 0. The summed E-state index contributed by atoms with van der Waals surface area (Å²) in [6, 6.07) is 9.26. The second-order valence-corrected chi connectivity index (χ2v) is 6.49. The summed E-state index contributed by atoms with van der Waals surface area (Å²) in [5.74, 6) is -0.0176. The molecule has 0 saturated heterocycles. The Morgan fingerprint density at radius 1 is 1.22 bits per heavy atom. The first-order valence-electron chi connectivity index (χ1n) is 6.09. The van der Waals surface area contributed by atoms with Crippen LogP contribution in [0.15, 0.2) is 30.3 Å². The molecule has 18 heavy (non-hydrogen) atoms. The molecule has 0 aliphatic rings. The number of nitrogens with one attached hydrogen (secondary N) is 1. The molecular formula is C13H21NO3S. The maximum atomic E-state index is 11.8. The Hall–Kier alpha value is -0.910. The smallest absolute Gasteiger partial charge is 0.212 e. The topological polar surface area (TPSA) is 66.4 Å². The Morgan fingerprint density at radius 2 is 1.83 bits per heavy atom. The molecule has 0 saturated carbocycles. The number of sulfonamides is 1. The van der Waals surface area contributed by atoms with Gasteiger partial charge in [0.2, 0.25) is 10.0 Å². The van der Waals surface area contributed by atoms with Crippen LogP contribution in [0.25, 0.3) is 0 Å². The molecular weight excluding hydrogens is 250 g/mol. The third kappa shape index (κ3) is 5.16. The highest BCUT2D eigenvalue weighted by molar-refractivity contribution is 7.89. The van der Waals surface area contributed by atoms with Crippen LogP contribution < -0.4 is 4.72 Å². The van der Waals surface area contributed by atoms with Crippen molar-refractivity contribution < 1.29 is 13.5 Å². The average Bonchev–Trinajstić information content (AvgIpc) is 2.36.